The average Bonchev–Trinajstić information content (AvgIpc) is 3.43. The molecule has 3 amide bonds. The number of carboxylic acids is 3. The zero-order valence-electron chi connectivity index (χ0n) is 18.0. The molecule has 1 aromatic heterocycles. The van der Waals surface area contributed by atoms with Crippen LogP contribution in [0.4, 0.5) is 0 Å². The summed E-state index contributed by atoms with van der Waals surface area (Å²) in [6.07, 6.45) is 1.69. The van der Waals surface area contributed by atoms with E-state index in [1.165, 1.54) is 12.5 Å². The first-order valence-corrected chi connectivity index (χ1v) is 10.3. The van der Waals surface area contributed by atoms with Gasteiger partial charge in [-0.1, -0.05) is 0 Å². The minimum atomic E-state index is -1.60. The summed E-state index contributed by atoms with van der Waals surface area (Å²) in [5.41, 5.74) is 5.94. The number of likely N-dealkylation sites (tertiary alicyclic amines) is 1. The number of amides is 3. The van der Waals surface area contributed by atoms with E-state index in [1.54, 1.807) is 0 Å². The standard InChI is InChI=1S/C19H26N6O9/c20-10(5-14(26)27)16(30)23-11(6-15(28)29)18(32)25-3-1-2-13(25)17(31)24-12(19(33)34)4-9-7-21-8-22-9/h7-8,10-13H,1-6,20H2,(H,21,22)(H,23,30)(H,24,31)(H,26,27)(H,28,29)(H,33,34). The number of nitrogens with two attached hydrogens (primary N) is 1. The lowest BCUT2D eigenvalue weighted by Gasteiger charge is -2.29. The van der Waals surface area contributed by atoms with Crippen molar-refractivity contribution in [3.05, 3.63) is 18.2 Å². The van der Waals surface area contributed by atoms with Gasteiger partial charge in [-0.2, -0.15) is 0 Å². The molecule has 186 valence electrons. The van der Waals surface area contributed by atoms with E-state index < -0.39 is 72.6 Å². The van der Waals surface area contributed by atoms with Gasteiger partial charge >= 0.3 is 17.9 Å². The van der Waals surface area contributed by atoms with Crippen LogP contribution in [0.2, 0.25) is 0 Å². The third kappa shape index (κ3) is 7.26. The molecule has 34 heavy (non-hydrogen) atoms. The number of imidazole rings is 1. The number of carbonyl (C=O) groups is 6. The molecule has 1 aromatic rings. The number of aliphatic carboxylic acids is 3. The first kappa shape index (κ1) is 26.2. The Kier molecular flexibility index (Phi) is 9.06. The van der Waals surface area contributed by atoms with Crippen LogP contribution in [0, 0.1) is 0 Å². The van der Waals surface area contributed by atoms with Crippen LogP contribution in [-0.4, -0.2) is 96.5 Å². The Morgan fingerprint density at radius 3 is 2.32 bits per heavy atom. The van der Waals surface area contributed by atoms with Crippen molar-refractivity contribution in [2.45, 2.75) is 56.3 Å². The largest absolute Gasteiger partial charge is 0.481 e. The number of aromatic nitrogens is 2. The SMILES string of the molecule is NC(CC(=O)O)C(=O)NC(CC(=O)O)C(=O)N1CCCC1C(=O)NC(Cc1cnc[nH]1)C(=O)O. The number of nitrogens with one attached hydrogen (secondary N) is 3. The van der Waals surface area contributed by atoms with Crippen molar-refractivity contribution >= 4 is 35.6 Å². The zero-order chi connectivity index (χ0) is 25.4. The predicted octanol–water partition coefficient (Wildman–Crippen LogP) is -2.73. The molecule has 0 aliphatic carbocycles. The maximum absolute atomic E-state index is 13.0. The lowest BCUT2D eigenvalue weighted by atomic mass is 10.1. The van der Waals surface area contributed by atoms with Gasteiger partial charge in [-0.25, -0.2) is 9.78 Å². The smallest absolute Gasteiger partial charge is 0.326 e. The Morgan fingerprint density at radius 2 is 1.76 bits per heavy atom. The molecule has 2 heterocycles. The third-order valence-corrected chi connectivity index (χ3v) is 5.16. The molecule has 0 bridgehead atoms. The molecule has 1 saturated heterocycles. The van der Waals surface area contributed by atoms with E-state index in [9.17, 15) is 33.9 Å². The van der Waals surface area contributed by atoms with Gasteiger partial charge in [-0.3, -0.25) is 24.0 Å². The Morgan fingerprint density at radius 1 is 1.09 bits per heavy atom. The molecule has 4 atom stereocenters. The van der Waals surface area contributed by atoms with Gasteiger partial charge < -0.3 is 41.6 Å². The number of nitrogens with zero attached hydrogens (tertiary/aromatic N) is 2. The lowest BCUT2D eigenvalue weighted by molar-refractivity contribution is -0.147. The highest BCUT2D eigenvalue weighted by atomic mass is 16.4. The monoisotopic (exact) mass is 482 g/mol. The fourth-order valence-electron chi connectivity index (χ4n) is 3.52. The van der Waals surface area contributed by atoms with Gasteiger partial charge in [-0.15, -0.1) is 0 Å². The van der Waals surface area contributed by atoms with Crippen molar-refractivity contribution in [3.63, 3.8) is 0 Å². The van der Waals surface area contributed by atoms with E-state index in [4.69, 9.17) is 15.9 Å². The number of rotatable bonds is 12. The first-order chi connectivity index (χ1) is 16.0. The summed E-state index contributed by atoms with van der Waals surface area (Å²) in [7, 11) is 0. The molecule has 15 heteroatoms. The Bertz CT molecular complexity index is 935. The third-order valence-electron chi connectivity index (χ3n) is 5.16. The molecule has 4 unspecified atom stereocenters. The Hall–Kier alpha value is -4.01. The predicted molar refractivity (Wildman–Crippen MR) is 111 cm³/mol. The van der Waals surface area contributed by atoms with Gasteiger partial charge in [0.15, 0.2) is 0 Å². The van der Waals surface area contributed by atoms with Gasteiger partial charge in [0.05, 0.1) is 25.2 Å². The molecule has 8 N–H and O–H groups in total. The van der Waals surface area contributed by atoms with Crippen LogP contribution in [0.5, 0.6) is 0 Å². The lowest BCUT2D eigenvalue weighted by Crippen LogP contribution is -2.57. The first-order valence-electron chi connectivity index (χ1n) is 10.3. The summed E-state index contributed by atoms with van der Waals surface area (Å²) in [5.74, 6) is -6.74. The minimum absolute atomic E-state index is 0.0718. The number of hydrogen-bond acceptors (Lipinski definition) is 8. The topological polar surface area (TPSA) is 245 Å². The number of hydrogen-bond donors (Lipinski definition) is 7. The molecule has 1 aliphatic heterocycles. The van der Waals surface area contributed by atoms with E-state index in [0.29, 0.717) is 12.1 Å². The van der Waals surface area contributed by atoms with Crippen molar-refractivity contribution in [1.82, 2.24) is 25.5 Å². The summed E-state index contributed by atoms with van der Waals surface area (Å²) >= 11 is 0. The number of carboxylic acid groups (broad SMARTS) is 3. The Balaban J connectivity index is 2.12. The minimum Gasteiger partial charge on any atom is -0.481 e. The van der Waals surface area contributed by atoms with Gasteiger partial charge in [0, 0.05) is 24.9 Å². The van der Waals surface area contributed by atoms with Crippen LogP contribution >= 0.6 is 0 Å². The summed E-state index contributed by atoms with van der Waals surface area (Å²) in [6, 6.07) is -5.51. The van der Waals surface area contributed by atoms with E-state index in [2.05, 4.69) is 20.6 Å². The van der Waals surface area contributed by atoms with Gasteiger partial charge in [0.25, 0.3) is 0 Å². The number of H-pyrrole nitrogens is 1. The van der Waals surface area contributed by atoms with Gasteiger partial charge in [-0.05, 0) is 12.8 Å². The summed E-state index contributed by atoms with van der Waals surface area (Å²) in [6.45, 7) is 0.0718. The van der Waals surface area contributed by atoms with Crippen molar-refractivity contribution < 1.29 is 44.1 Å². The van der Waals surface area contributed by atoms with Crippen LogP contribution in [0.25, 0.3) is 0 Å². The second kappa shape index (κ2) is 11.7. The number of carbonyl (C=O) groups excluding carboxylic acids is 3. The molecular formula is C19H26N6O9. The van der Waals surface area contributed by atoms with Crippen LogP contribution in [0.1, 0.15) is 31.4 Å². The van der Waals surface area contributed by atoms with Crippen molar-refractivity contribution in [3.8, 4) is 0 Å². The normalized spacial score (nSPS) is 17.9. The molecule has 0 aromatic carbocycles. The molecule has 0 saturated carbocycles. The molecule has 1 fully saturated rings. The molecule has 0 spiro atoms. The summed E-state index contributed by atoms with van der Waals surface area (Å²) in [4.78, 5) is 79.2. The Labute approximate surface area is 192 Å². The quantitative estimate of drug-likeness (QED) is 0.161. The van der Waals surface area contributed by atoms with Crippen LogP contribution in [0.15, 0.2) is 12.5 Å². The second-order valence-corrected chi connectivity index (χ2v) is 7.73. The van der Waals surface area contributed by atoms with Crippen molar-refractivity contribution in [2.75, 3.05) is 6.54 Å². The average molecular weight is 482 g/mol. The number of aromatic amines is 1. The molecule has 2 rings (SSSR count). The molecular weight excluding hydrogens is 456 g/mol. The van der Waals surface area contributed by atoms with E-state index in [-0.39, 0.29) is 19.4 Å². The van der Waals surface area contributed by atoms with Gasteiger partial charge in [0.1, 0.15) is 18.1 Å². The highest BCUT2D eigenvalue weighted by molar-refractivity contribution is 5.96. The molecule has 1 aliphatic rings. The van der Waals surface area contributed by atoms with E-state index >= 15 is 0 Å². The highest BCUT2D eigenvalue weighted by Gasteiger charge is 2.40. The van der Waals surface area contributed by atoms with Crippen LogP contribution in [-0.2, 0) is 35.2 Å². The van der Waals surface area contributed by atoms with Gasteiger partial charge in [0.2, 0.25) is 17.7 Å². The maximum Gasteiger partial charge on any atom is 0.326 e. The van der Waals surface area contributed by atoms with Crippen molar-refractivity contribution in [2.24, 2.45) is 5.73 Å². The maximum atomic E-state index is 13.0. The second-order valence-electron chi connectivity index (χ2n) is 7.73. The fourth-order valence-corrected chi connectivity index (χ4v) is 3.52. The van der Waals surface area contributed by atoms with E-state index in [1.807, 2.05) is 0 Å². The summed E-state index contributed by atoms with van der Waals surface area (Å²) < 4.78 is 0. The fraction of sp³-hybridized carbons (Fsp3) is 0.526. The zero-order valence-corrected chi connectivity index (χ0v) is 18.0. The van der Waals surface area contributed by atoms with E-state index in [0.717, 1.165) is 4.90 Å². The van der Waals surface area contributed by atoms with Crippen molar-refractivity contribution in [1.29, 1.82) is 0 Å². The van der Waals surface area contributed by atoms with Crippen LogP contribution in [0.3, 0.4) is 0 Å². The summed E-state index contributed by atoms with van der Waals surface area (Å²) in [5, 5.41) is 31.9. The molecule has 0 radical (unpaired) electrons. The van der Waals surface area contributed by atoms with Crippen LogP contribution < -0.4 is 16.4 Å². The highest BCUT2D eigenvalue weighted by Crippen LogP contribution is 2.20. The molecule has 15 nitrogen and oxygen atoms in total.